The van der Waals surface area contributed by atoms with Crippen molar-refractivity contribution in [1.29, 1.82) is 0 Å². The maximum Gasteiger partial charge on any atom is 0.304 e. The van der Waals surface area contributed by atoms with Crippen LogP contribution < -0.4 is 9.80 Å². The number of aliphatic hydroxyl groups is 2. The lowest BCUT2D eigenvalue weighted by Crippen LogP contribution is -2.54. The number of para-hydroxylation sites is 1. The van der Waals surface area contributed by atoms with Crippen LogP contribution in [0.25, 0.3) is 0 Å². The summed E-state index contributed by atoms with van der Waals surface area (Å²) in [4.78, 5) is 40.0. The molecule has 0 aromatic heterocycles. The first-order valence-corrected chi connectivity index (χ1v) is 11.3. The highest BCUT2D eigenvalue weighted by Crippen LogP contribution is 2.45. The quantitative estimate of drug-likeness (QED) is 0.353. The predicted octanol–water partition coefficient (Wildman–Crippen LogP) is 2.62. The van der Waals surface area contributed by atoms with Gasteiger partial charge in [-0.2, -0.15) is 0 Å². The van der Waals surface area contributed by atoms with E-state index in [-0.39, 0.29) is 25.5 Å². The first-order chi connectivity index (χ1) is 16.3. The maximum atomic E-state index is 13.5. The molecular formula is C26H28N2O6. The molecule has 1 fully saturated rings. The number of carbonyl (C=O) groups is 3. The fourth-order valence-electron chi connectivity index (χ4n) is 4.54. The minimum atomic E-state index is -1.73. The summed E-state index contributed by atoms with van der Waals surface area (Å²) >= 11 is 0. The van der Waals surface area contributed by atoms with Crippen LogP contribution in [0.3, 0.4) is 0 Å². The van der Waals surface area contributed by atoms with E-state index in [1.165, 1.54) is 11.8 Å². The van der Waals surface area contributed by atoms with Crippen molar-refractivity contribution in [3.63, 3.8) is 0 Å². The zero-order valence-electron chi connectivity index (χ0n) is 19.2. The summed E-state index contributed by atoms with van der Waals surface area (Å²) in [5.41, 5.74) is 0.768. The fourth-order valence-corrected chi connectivity index (χ4v) is 4.54. The molecule has 2 N–H and O–H groups in total. The van der Waals surface area contributed by atoms with Crippen molar-refractivity contribution in [1.82, 2.24) is 0 Å². The Kier molecular flexibility index (Phi) is 6.54. The van der Waals surface area contributed by atoms with Crippen molar-refractivity contribution in [2.75, 3.05) is 16.4 Å². The number of fused-ring (bicyclic) bond motifs is 1. The number of benzene rings is 2. The van der Waals surface area contributed by atoms with Crippen molar-refractivity contribution in [3.8, 4) is 0 Å². The molecule has 8 nitrogen and oxygen atoms in total. The number of carbonyl (C=O) groups excluding carboxylic acids is 3. The van der Waals surface area contributed by atoms with Gasteiger partial charge in [0.1, 0.15) is 0 Å². The molecule has 2 aromatic rings. The zero-order chi connectivity index (χ0) is 24.5. The maximum absolute atomic E-state index is 13.5. The van der Waals surface area contributed by atoms with Gasteiger partial charge in [0.25, 0.3) is 5.91 Å². The van der Waals surface area contributed by atoms with E-state index in [0.717, 1.165) is 5.56 Å². The monoisotopic (exact) mass is 464 g/mol. The highest BCUT2D eigenvalue weighted by molar-refractivity contribution is 6.07. The van der Waals surface area contributed by atoms with Gasteiger partial charge in [0.15, 0.2) is 11.8 Å². The van der Waals surface area contributed by atoms with E-state index in [1.807, 2.05) is 12.1 Å². The van der Waals surface area contributed by atoms with E-state index in [4.69, 9.17) is 9.84 Å². The molecule has 34 heavy (non-hydrogen) atoms. The molecule has 0 spiro atoms. The third-order valence-electron chi connectivity index (χ3n) is 6.29. The predicted molar refractivity (Wildman–Crippen MR) is 126 cm³/mol. The highest BCUT2D eigenvalue weighted by Gasteiger charge is 2.52. The first-order valence-electron chi connectivity index (χ1n) is 11.3. The lowest BCUT2D eigenvalue weighted by atomic mass is 9.83. The normalized spacial score (nSPS) is 22.6. The minimum Gasteiger partial charge on any atom is -0.441 e. The van der Waals surface area contributed by atoms with Crippen LogP contribution in [0.5, 0.6) is 0 Å². The van der Waals surface area contributed by atoms with E-state index in [2.05, 4.69) is 0 Å². The van der Waals surface area contributed by atoms with Gasteiger partial charge in [-0.3, -0.25) is 19.3 Å². The van der Waals surface area contributed by atoms with Crippen LogP contribution in [0.15, 0.2) is 60.7 Å². The molecule has 2 heterocycles. The number of hydrogen-bond acceptors (Lipinski definition) is 6. The van der Waals surface area contributed by atoms with Crippen LogP contribution in [0.2, 0.25) is 0 Å². The van der Waals surface area contributed by atoms with Crippen molar-refractivity contribution >= 4 is 29.2 Å². The summed E-state index contributed by atoms with van der Waals surface area (Å²) < 4.78 is 5.20. The molecule has 8 heteroatoms. The Bertz CT molecular complexity index is 1150. The second kappa shape index (κ2) is 9.40. The Balaban J connectivity index is 1.61. The molecular weight excluding hydrogens is 436 g/mol. The Morgan fingerprint density at radius 2 is 2.00 bits per heavy atom. The van der Waals surface area contributed by atoms with Gasteiger partial charge in [0.05, 0.1) is 18.7 Å². The second-order valence-electron chi connectivity index (χ2n) is 8.61. The zero-order valence-corrected chi connectivity index (χ0v) is 19.2. The van der Waals surface area contributed by atoms with E-state index >= 15 is 0 Å². The molecule has 1 unspecified atom stereocenters. The smallest absolute Gasteiger partial charge is 0.304 e. The van der Waals surface area contributed by atoms with Crippen LogP contribution >= 0.6 is 0 Å². The van der Waals surface area contributed by atoms with Gasteiger partial charge in [-0.15, -0.1) is 0 Å². The van der Waals surface area contributed by atoms with Crippen molar-refractivity contribution in [2.45, 2.75) is 45.1 Å². The Morgan fingerprint density at radius 3 is 2.71 bits per heavy atom. The van der Waals surface area contributed by atoms with Gasteiger partial charge in [-0.1, -0.05) is 49.4 Å². The molecule has 178 valence electrons. The number of nitrogens with zero attached hydrogens (tertiary/aromatic N) is 2. The number of aliphatic hydroxyl groups excluding tert-OH is 1. The molecule has 3 atom stereocenters. The van der Waals surface area contributed by atoms with E-state index in [1.54, 1.807) is 60.4 Å². The summed E-state index contributed by atoms with van der Waals surface area (Å²) in [6.07, 6.45) is 3.45. The second-order valence-corrected chi connectivity index (χ2v) is 8.61. The van der Waals surface area contributed by atoms with Crippen molar-refractivity contribution in [3.05, 3.63) is 71.8 Å². The molecule has 0 bridgehead atoms. The van der Waals surface area contributed by atoms with Gasteiger partial charge in [-0.25, -0.2) is 0 Å². The summed E-state index contributed by atoms with van der Waals surface area (Å²) in [5, 5.41) is 20.6. The van der Waals surface area contributed by atoms with E-state index in [0.29, 0.717) is 23.4 Å². The lowest BCUT2D eigenvalue weighted by Gasteiger charge is -2.39. The average molecular weight is 465 g/mol. The fraction of sp³-hybridized carbons (Fsp3) is 0.346. The molecule has 1 saturated heterocycles. The molecule has 0 saturated carbocycles. The third-order valence-corrected chi connectivity index (χ3v) is 6.29. The third kappa shape index (κ3) is 4.10. The standard InChI is InChI=1S/C26H28N2O6/c1-17(8-5-6-13-29)26(33)21-11-3-4-12-22(21)27(25(26)32)16-19-9-7-10-20(14-19)28-23(31)15-24(28)34-18(2)30/h3-5,7-12,14,17,24,29,33H,6,13,15-16H2,1-2H3/b8-5+/t17-,24?,26+/m0/s1. The van der Waals surface area contributed by atoms with Crippen molar-refractivity contribution in [2.24, 2.45) is 5.92 Å². The summed E-state index contributed by atoms with van der Waals surface area (Å²) in [6.45, 7) is 3.26. The van der Waals surface area contributed by atoms with Crippen LogP contribution in [-0.4, -0.2) is 40.8 Å². The molecule has 2 amide bonds. The SMILES string of the molecule is CC(=O)OC1CC(=O)N1c1cccc(CN2C(=O)[C@@](O)([C@@H](C)/C=C/CCO)c3ccccc32)c1. The number of anilines is 2. The van der Waals surface area contributed by atoms with E-state index in [9.17, 15) is 19.5 Å². The van der Waals surface area contributed by atoms with Gasteiger partial charge in [0.2, 0.25) is 5.91 Å². The van der Waals surface area contributed by atoms with Crippen LogP contribution in [-0.2, 0) is 31.3 Å². The first kappa shape index (κ1) is 23.7. The van der Waals surface area contributed by atoms with Crippen LogP contribution in [0.4, 0.5) is 11.4 Å². The van der Waals surface area contributed by atoms with Gasteiger partial charge in [0, 0.05) is 30.7 Å². The van der Waals surface area contributed by atoms with Gasteiger partial charge in [-0.05, 0) is 30.2 Å². The summed E-state index contributed by atoms with van der Waals surface area (Å²) in [5.74, 6) is -1.55. The largest absolute Gasteiger partial charge is 0.441 e. The topological polar surface area (TPSA) is 107 Å². The molecule has 2 aliphatic heterocycles. The summed E-state index contributed by atoms with van der Waals surface area (Å²) in [6, 6.07) is 14.3. The van der Waals surface area contributed by atoms with Crippen LogP contribution in [0, 0.1) is 5.92 Å². The highest BCUT2D eigenvalue weighted by atomic mass is 16.6. The van der Waals surface area contributed by atoms with E-state index < -0.39 is 29.6 Å². The Labute approximate surface area is 198 Å². The van der Waals surface area contributed by atoms with Crippen LogP contribution in [0.1, 0.15) is 37.8 Å². The Morgan fingerprint density at radius 1 is 1.24 bits per heavy atom. The number of β-lactam (4-membered cyclic amide) rings is 1. The molecule has 2 aromatic carbocycles. The lowest BCUT2D eigenvalue weighted by molar-refractivity contribution is -0.153. The molecule has 0 aliphatic carbocycles. The number of rotatable bonds is 8. The number of esters is 1. The summed E-state index contributed by atoms with van der Waals surface area (Å²) in [7, 11) is 0. The molecule has 4 rings (SSSR count). The van der Waals surface area contributed by atoms with Gasteiger partial charge < -0.3 is 19.8 Å². The minimum absolute atomic E-state index is 0.00746. The number of amides is 2. The van der Waals surface area contributed by atoms with Gasteiger partial charge >= 0.3 is 5.97 Å². The molecule has 0 radical (unpaired) electrons. The number of hydrogen-bond donors (Lipinski definition) is 2. The number of ether oxygens (including phenoxy) is 1. The average Bonchev–Trinajstić information content (AvgIpc) is 3.01. The molecule has 2 aliphatic rings. The Hall–Kier alpha value is -3.49. The van der Waals surface area contributed by atoms with Crippen molar-refractivity contribution < 1.29 is 29.3 Å².